The van der Waals surface area contributed by atoms with Crippen LogP contribution in [0.3, 0.4) is 0 Å². The summed E-state index contributed by atoms with van der Waals surface area (Å²) in [7, 11) is -6.76. The Balaban J connectivity index is 3.18. The predicted octanol–water partition coefficient (Wildman–Crippen LogP) is -0.248. The Morgan fingerprint density at radius 2 is 0.950 bits per heavy atom. The molecule has 0 spiro atoms. The van der Waals surface area contributed by atoms with Crippen molar-refractivity contribution in [2.45, 2.75) is 12.8 Å². The third-order valence-corrected chi connectivity index (χ3v) is 3.02. The highest BCUT2D eigenvalue weighted by atomic mass is 32.2. The van der Waals surface area contributed by atoms with Crippen molar-refractivity contribution >= 4 is 20.2 Å². The molecule has 20 heavy (non-hydrogen) atoms. The molecule has 0 N–H and O–H groups in total. The lowest BCUT2D eigenvalue weighted by Gasteiger charge is -2.06. The van der Waals surface area contributed by atoms with E-state index in [-0.39, 0.29) is 13.2 Å². The van der Waals surface area contributed by atoms with E-state index in [1.807, 2.05) is 0 Å². The van der Waals surface area contributed by atoms with Crippen LogP contribution in [-0.2, 0) is 38.1 Å². The minimum atomic E-state index is -3.38. The van der Waals surface area contributed by atoms with Gasteiger partial charge in [-0.15, -0.1) is 0 Å². The van der Waals surface area contributed by atoms with Crippen molar-refractivity contribution in [1.82, 2.24) is 0 Å². The van der Waals surface area contributed by atoms with Gasteiger partial charge in [0.25, 0.3) is 20.2 Å². The number of ether oxygens (including phenoxy) is 2. The summed E-state index contributed by atoms with van der Waals surface area (Å²) in [6.07, 6.45) is 2.95. The van der Waals surface area contributed by atoms with Crippen LogP contribution in [0.1, 0.15) is 12.8 Å². The van der Waals surface area contributed by atoms with Gasteiger partial charge in [-0.2, -0.15) is 16.8 Å². The zero-order chi connectivity index (χ0) is 15.5. The summed E-state index contributed by atoms with van der Waals surface area (Å²) in [5, 5.41) is 0. The highest BCUT2D eigenvalue weighted by Crippen LogP contribution is 1.92. The van der Waals surface area contributed by atoms with Crippen molar-refractivity contribution in [2.75, 3.05) is 52.2 Å². The molecule has 0 rings (SSSR count). The molecule has 0 fully saturated rings. The molecule has 0 saturated carbocycles. The highest BCUT2D eigenvalue weighted by molar-refractivity contribution is 7.86. The Bertz CT molecular complexity index is 386. The van der Waals surface area contributed by atoms with E-state index in [1.165, 1.54) is 0 Å². The highest BCUT2D eigenvalue weighted by Gasteiger charge is 2.01. The minimum absolute atomic E-state index is 0.0997. The van der Waals surface area contributed by atoms with Crippen LogP contribution in [0.4, 0.5) is 0 Å². The lowest BCUT2D eigenvalue weighted by atomic mass is 10.5. The second kappa shape index (κ2) is 10.5. The summed E-state index contributed by atoms with van der Waals surface area (Å²) < 4.78 is 61.9. The number of hydrogen-bond donors (Lipinski definition) is 0. The second-order valence-electron chi connectivity index (χ2n) is 3.98. The van der Waals surface area contributed by atoms with Crippen LogP contribution >= 0.6 is 0 Å². The van der Waals surface area contributed by atoms with Crippen LogP contribution in [0.5, 0.6) is 0 Å². The first kappa shape index (κ1) is 19.7. The summed E-state index contributed by atoms with van der Waals surface area (Å²) >= 11 is 0. The molecule has 0 saturated heterocycles. The largest absolute Gasteiger partial charge is 0.379 e. The van der Waals surface area contributed by atoms with Crippen LogP contribution in [0.2, 0.25) is 0 Å². The molecular weight excluding hydrogens is 312 g/mol. The van der Waals surface area contributed by atoms with E-state index in [0.29, 0.717) is 39.3 Å². The molecule has 122 valence electrons. The maximum absolute atomic E-state index is 10.6. The van der Waals surface area contributed by atoms with Gasteiger partial charge in [0.1, 0.15) is 0 Å². The van der Waals surface area contributed by atoms with Crippen LogP contribution in [-0.4, -0.2) is 69.0 Å². The summed E-state index contributed by atoms with van der Waals surface area (Å²) in [4.78, 5) is 0. The minimum Gasteiger partial charge on any atom is -0.379 e. The van der Waals surface area contributed by atoms with E-state index < -0.39 is 20.2 Å². The van der Waals surface area contributed by atoms with Crippen molar-refractivity contribution in [3.8, 4) is 0 Å². The standard InChI is InChI=1S/C10H22O8S2/c1-19(11,12)17-7-3-5-15-9-10-16-6-4-8-18-20(2,13)14/h3-10H2,1-2H3. The van der Waals surface area contributed by atoms with Crippen molar-refractivity contribution in [3.63, 3.8) is 0 Å². The molecule has 8 nitrogen and oxygen atoms in total. The Labute approximate surface area is 120 Å². The molecule has 0 atom stereocenters. The lowest BCUT2D eigenvalue weighted by Crippen LogP contribution is -2.11. The first-order chi connectivity index (χ1) is 9.21. The van der Waals surface area contributed by atoms with Crippen molar-refractivity contribution in [2.24, 2.45) is 0 Å². The zero-order valence-electron chi connectivity index (χ0n) is 11.7. The number of rotatable bonds is 13. The summed E-state index contributed by atoms with van der Waals surface area (Å²) in [6, 6.07) is 0. The van der Waals surface area contributed by atoms with E-state index >= 15 is 0 Å². The van der Waals surface area contributed by atoms with Crippen LogP contribution in [0.15, 0.2) is 0 Å². The van der Waals surface area contributed by atoms with Crippen LogP contribution in [0.25, 0.3) is 0 Å². The average molecular weight is 334 g/mol. The first-order valence-corrected chi connectivity index (χ1v) is 9.68. The van der Waals surface area contributed by atoms with Crippen molar-refractivity contribution in [3.05, 3.63) is 0 Å². The predicted molar refractivity (Wildman–Crippen MR) is 72.5 cm³/mol. The van der Waals surface area contributed by atoms with E-state index in [4.69, 9.17) is 9.47 Å². The van der Waals surface area contributed by atoms with Gasteiger partial charge in [0.05, 0.1) is 38.9 Å². The molecule has 0 unspecified atom stereocenters. The van der Waals surface area contributed by atoms with Gasteiger partial charge in [0.15, 0.2) is 0 Å². The monoisotopic (exact) mass is 334 g/mol. The Morgan fingerprint density at radius 1 is 0.600 bits per heavy atom. The van der Waals surface area contributed by atoms with Gasteiger partial charge < -0.3 is 9.47 Å². The molecule has 0 amide bonds. The summed E-state index contributed by atoms with van der Waals surface area (Å²) in [6.45, 7) is 1.73. The quantitative estimate of drug-likeness (QED) is 0.335. The van der Waals surface area contributed by atoms with Gasteiger partial charge in [-0.3, -0.25) is 8.37 Å². The Kier molecular flexibility index (Phi) is 10.3. The third kappa shape index (κ3) is 17.7. The molecule has 10 heteroatoms. The van der Waals surface area contributed by atoms with Crippen LogP contribution < -0.4 is 0 Å². The van der Waals surface area contributed by atoms with Gasteiger partial charge in [-0.05, 0) is 12.8 Å². The fourth-order valence-electron chi connectivity index (χ4n) is 1.06. The fraction of sp³-hybridized carbons (Fsp3) is 1.00. The lowest BCUT2D eigenvalue weighted by molar-refractivity contribution is 0.0402. The third-order valence-electron chi connectivity index (χ3n) is 1.83. The Morgan fingerprint density at radius 3 is 1.25 bits per heavy atom. The summed E-state index contributed by atoms with van der Waals surface area (Å²) in [5.41, 5.74) is 0. The van der Waals surface area contributed by atoms with Gasteiger partial charge in [-0.25, -0.2) is 0 Å². The maximum Gasteiger partial charge on any atom is 0.264 e. The zero-order valence-corrected chi connectivity index (χ0v) is 13.4. The van der Waals surface area contributed by atoms with Crippen molar-refractivity contribution in [1.29, 1.82) is 0 Å². The van der Waals surface area contributed by atoms with Crippen molar-refractivity contribution < 1.29 is 34.7 Å². The van der Waals surface area contributed by atoms with Gasteiger partial charge in [0, 0.05) is 13.2 Å². The van der Waals surface area contributed by atoms with Crippen LogP contribution in [0, 0.1) is 0 Å². The smallest absolute Gasteiger partial charge is 0.264 e. The Hall–Kier alpha value is -0.260. The average Bonchev–Trinajstić information content (AvgIpc) is 2.27. The molecule has 0 aliphatic carbocycles. The van der Waals surface area contributed by atoms with Gasteiger partial charge >= 0.3 is 0 Å². The van der Waals surface area contributed by atoms with E-state index in [1.54, 1.807) is 0 Å². The van der Waals surface area contributed by atoms with E-state index in [0.717, 1.165) is 12.5 Å². The normalized spacial score (nSPS) is 12.7. The molecule has 0 aliphatic rings. The molecule has 0 heterocycles. The number of hydrogen-bond acceptors (Lipinski definition) is 8. The molecule has 0 aromatic heterocycles. The first-order valence-electron chi connectivity index (χ1n) is 6.05. The fourth-order valence-corrected chi connectivity index (χ4v) is 1.91. The molecule has 0 aromatic carbocycles. The molecular formula is C10H22O8S2. The van der Waals surface area contributed by atoms with Gasteiger partial charge in [-0.1, -0.05) is 0 Å². The van der Waals surface area contributed by atoms with E-state index in [9.17, 15) is 16.8 Å². The van der Waals surface area contributed by atoms with E-state index in [2.05, 4.69) is 8.37 Å². The maximum atomic E-state index is 10.6. The topological polar surface area (TPSA) is 105 Å². The molecule has 0 aromatic rings. The molecule has 0 radical (unpaired) electrons. The van der Waals surface area contributed by atoms with Gasteiger partial charge in [0.2, 0.25) is 0 Å². The summed E-state index contributed by atoms with van der Waals surface area (Å²) in [5.74, 6) is 0. The second-order valence-corrected chi connectivity index (χ2v) is 7.27. The molecule has 0 bridgehead atoms. The molecule has 0 aliphatic heterocycles. The SMILES string of the molecule is CS(=O)(=O)OCCCOCCOCCCOS(C)(=O)=O.